The maximum absolute atomic E-state index is 12.6. The average Bonchev–Trinajstić information content (AvgIpc) is 2.93. The zero-order chi connectivity index (χ0) is 17.0. The van der Waals surface area contributed by atoms with Crippen LogP contribution in [0.15, 0.2) is 35.7 Å². The topological polar surface area (TPSA) is 77.2 Å². The Morgan fingerprint density at radius 3 is 2.78 bits per heavy atom. The second-order valence-corrected chi connectivity index (χ2v) is 5.97. The van der Waals surface area contributed by atoms with E-state index in [1.54, 1.807) is 0 Å². The number of halogens is 3. The summed E-state index contributed by atoms with van der Waals surface area (Å²) in [6, 6.07) is 4.40. The van der Waals surface area contributed by atoms with Gasteiger partial charge >= 0.3 is 6.18 Å². The minimum atomic E-state index is -4.45. The van der Waals surface area contributed by atoms with E-state index < -0.39 is 28.6 Å². The summed E-state index contributed by atoms with van der Waals surface area (Å²) in [6.07, 6.45) is -2.73. The highest BCUT2D eigenvalue weighted by Gasteiger charge is 2.30. The summed E-state index contributed by atoms with van der Waals surface area (Å²) >= 11 is 0. The predicted molar refractivity (Wildman–Crippen MR) is 75.3 cm³/mol. The number of nitrogens with zero attached hydrogens (tertiary/aromatic N) is 3. The van der Waals surface area contributed by atoms with E-state index in [0.717, 1.165) is 12.1 Å². The smallest absolute Gasteiger partial charge is 0.416 e. The van der Waals surface area contributed by atoms with E-state index in [2.05, 4.69) is 10.1 Å². The molecule has 2 aromatic rings. The highest BCUT2D eigenvalue weighted by Crippen LogP contribution is 2.31. The minimum Gasteiger partial charge on any atom is -0.491 e. The number of alkyl halides is 3. The number of benzene rings is 1. The van der Waals surface area contributed by atoms with Crippen LogP contribution in [0.4, 0.5) is 13.2 Å². The lowest BCUT2D eigenvalue weighted by Gasteiger charge is -2.13. The van der Waals surface area contributed by atoms with Crippen molar-refractivity contribution in [1.82, 2.24) is 14.8 Å². The van der Waals surface area contributed by atoms with Gasteiger partial charge in [0.15, 0.2) is 0 Å². The number of ether oxygens (including phenoxy) is 1. The van der Waals surface area contributed by atoms with Crippen LogP contribution in [0.1, 0.15) is 5.56 Å². The largest absolute Gasteiger partial charge is 0.491 e. The fraction of sp³-hybridized carbons (Fsp3) is 0.385. The molecule has 1 aromatic carbocycles. The molecule has 0 bridgehead atoms. The molecule has 0 saturated carbocycles. The third-order valence-corrected chi connectivity index (χ3v) is 3.48. The first-order valence-electron chi connectivity index (χ1n) is 6.46. The monoisotopic (exact) mass is 349 g/mol. The quantitative estimate of drug-likeness (QED) is 0.855. The number of hydrogen-bond donors (Lipinski definition) is 1. The first-order chi connectivity index (χ1) is 10.8. The van der Waals surface area contributed by atoms with Crippen LogP contribution in [0.25, 0.3) is 0 Å². The molecular formula is C13H14F3N3O3S. The van der Waals surface area contributed by atoms with Gasteiger partial charge in [0.05, 0.1) is 22.9 Å². The zero-order valence-corrected chi connectivity index (χ0v) is 12.8. The molecule has 2 rings (SSSR count). The molecule has 0 amide bonds. The fourth-order valence-corrected chi connectivity index (χ4v) is 2.14. The van der Waals surface area contributed by atoms with Gasteiger partial charge in [-0.05, 0) is 18.2 Å². The van der Waals surface area contributed by atoms with Crippen molar-refractivity contribution in [1.29, 1.82) is 0 Å². The maximum Gasteiger partial charge on any atom is 0.416 e. The van der Waals surface area contributed by atoms with E-state index >= 15 is 0 Å². The van der Waals surface area contributed by atoms with Crippen molar-refractivity contribution >= 4 is 10.8 Å². The lowest BCUT2D eigenvalue weighted by molar-refractivity contribution is -0.137. The van der Waals surface area contributed by atoms with E-state index in [9.17, 15) is 22.5 Å². The van der Waals surface area contributed by atoms with Crippen molar-refractivity contribution in [3.8, 4) is 5.75 Å². The number of hydrogen-bond acceptors (Lipinski definition) is 5. The summed E-state index contributed by atoms with van der Waals surface area (Å²) in [5, 5.41) is 13.9. The Kier molecular flexibility index (Phi) is 5.37. The van der Waals surface area contributed by atoms with E-state index in [1.807, 2.05) is 0 Å². The van der Waals surface area contributed by atoms with E-state index in [4.69, 9.17) is 4.74 Å². The van der Waals surface area contributed by atoms with Gasteiger partial charge in [0, 0.05) is 6.26 Å². The van der Waals surface area contributed by atoms with Crippen molar-refractivity contribution in [3.05, 3.63) is 36.2 Å². The van der Waals surface area contributed by atoms with E-state index in [-0.39, 0.29) is 24.1 Å². The Hall–Kier alpha value is -1.94. The molecular weight excluding hydrogens is 335 g/mol. The first kappa shape index (κ1) is 17.4. The summed E-state index contributed by atoms with van der Waals surface area (Å²) in [5.41, 5.74) is -0.823. The van der Waals surface area contributed by atoms with Gasteiger partial charge in [-0.2, -0.15) is 13.2 Å². The Bertz CT molecular complexity index is 690. The zero-order valence-electron chi connectivity index (χ0n) is 12.0. The Morgan fingerprint density at radius 2 is 2.17 bits per heavy atom. The molecule has 1 aromatic heterocycles. The van der Waals surface area contributed by atoms with Crippen molar-refractivity contribution in [2.75, 3.05) is 12.9 Å². The van der Waals surface area contributed by atoms with Gasteiger partial charge in [0.2, 0.25) is 5.16 Å². The summed E-state index contributed by atoms with van der Waals surface area (Å²) in [5.74, 6) is 0.00724. The van der Waals surface area contributed by atoms with E-state index in [0.29, 0.717) is 0 Å². The molecule has 0 radical (unpaired) electrons. The molecule has 0 spiro atoms. The van der Waals surface area contributed by atoms with Gasteiger partial charge < -0.3 is 9.84 Å². The molecule has 0 saturated heterocycles. The van der Waals surface area contributed by atoms with Crippen LogP contribution in [0.2, 0.25) is 0 Å². The maximum atomic E-state index is 12.6. The van der Waals surface area contributed by atoms with Gasteiger partial charge in [0.1, 0.15) is 24.8 Å². The molecule has 0 unspecified atom stereocenters. The Labute approximate surface area is 132 Å². The normalized spacial score (nSPS) is 14.5. The SMILES string of the molecule is C[S@@](=O)c1ncn(C[C@H](O)COc2cccc(C(F)(F)F)c2)n1. The number of rotatable bonds is 6. The van der Waals surface area contributed by atoms with Crippen molar-refractivity contribution in [2.24, 2.45) is 0 Å². The predicted octanol–water partition coefficient (Wildman–Crippen LogP) is 1.47. The van der Waals surface area contributed by atoms with E-state index in [1.165, 1.54) is 29.4 Å². The fourth-order valence-electron chi connectivity index (χ4n) is 1.72. The molecule has 0 aliphatic heterocycles. The van der Waals surface area contributed by atoms with Crippen LogP contribution in [0, 0.1) is 0 Å². The minimum absolute atomic E-state index is 0.00724. The summed E-state index contributed by atoms with van der Waals surface area (Å²) in [7, 11) is -1.33. The van der Waals surface area contributed by atoms with Crippen molar-refractivity contribution in [2.45, 2.75) is 24.0 Å². The van der Waals surface area contributed by atoms with Crippen molar-refractivity contribution < 1.29 is 27.2 Å². The molecule has 1 heterocycles. The number of aromatic nitrogens is 3. The van der Waals surface area contributed by atoms with Gasteiger partial charge in [-0.3, -0.25) is 4.21 Å². The molecule has 126 valence electrons. The van der Waals surface area contributed by atoms with Gasteiger partial charge in [-0.1, -0.05) is 6.07 Å². The second-order valence-electron chi connectivity index (χ2n) is 4.69. The van der Waals surface area contributed by atoms with Gasteiger partial charge in [-0.15, -0.1) is 5.10 Å². The van der Waals surface area contributed by atoms with Crippen molar-refractivity contribution in [3.63, 3.8) is 0 Å². The Balaban J connectivity index is 1.91. The number of aliphatic hydroxyl groups is 1. The first-order valence-corrected chi connectivity index (χ1v) is 8.02. The third kappa shape index (κ3) is 5.03. The average molecular weight is 349 g/mol. The molecule has 2 atom stereocenters. The van der Waals surface area contributed by atoms with Crippen LogP contribution >= 0.6 is 0 Å². The third-order valence-electron chi connectivity index (χ3n) is 2.77. The Morgan fingerprint density at radius 1 is 1.43 bits per heavy atom. The molecule has 10 heteroatoms. The standard InChI is InChI=1S/C13H14F3N3O3S/c1-23(21)12-17-8-19(18-12)6-10(20)7-22-11-4-2-3-9(5-11)13(14,15)16/h2-5,8,10,20H,6-7H2,1H3/t10-,23+/m0/s1. The highest BCUT2D eigenvalue weighted by molar-refractivity contribution is 7.84. The van der Waals surface area contributed by atoms with Gasteiger partial charge in [-0.25, -0.2) is 9.67 Å². The molecule has 0 fully saturated rings. The molecule has 23 heavy (non-hydrogen) atoms. The molecule has 0 aliphatic carbocycles. The lowest BCUT2D eigenvalue weighted by atomic mass is 10.2. The summed E-state index contributed by atoms with van der Waals surface area (Å²) < 4.78 is 55.3. The lowest BCUT2D eigenvalue weighted by Crippen LogP contribution is -2.24. The van der Waals surface area contributed by atoms with Crippen LogP contribution in [-0.4, -0.2) is 43.0 Å². The molecule has 1 N–H and O–H groups in total. The van der Waals surface area contributed by atoms with Crippen LogP contribution < -0.4 is 4.74 Å². The van der Waals surface area contributed by atoms with Crippen LogP contribution in [0.5, 0.6) is 5.75 Å². The van der Waals surface area contributed by atoms with Gasteiger partial charge in [0.25, 0.3) is 0 Å². The summed E-state index contributed by atoms with van der Waals surface area (Å²) in [6.45, 7) is -0.200. The molecule has 6 nitrogen and oxygen atoms in total. The highest BCUT2D eigenvalue weighted by atomic mass is 32.2. The summed E-state index contributed by atoms with van der Waals surface area (Å²) in [4.78, 5) is 3.80. The van der Waals surface area contributed by atoms with Crippen LogP contribution in [-0.2, 0) is 23.5 Å². The number of aliphatic hydroxyl groups excluding tert-OH is 1. The van der Waals surface area contributed by atoms with Crippen LogP contribution in [0.3, 0.4) is 0 Å². The molecule has 0 aliphatic rings. The second kappa shape index (κ2) is 7.09.